The average Bonchev–Trinajstić information content (AvgIpc) is 3.19. The molecule has 2 heterocycles. The maximum absolute atomic E-state index is 12.4. The summed E-state index contributed by atoms with van der Waals surface area (Å²) in [7, 11) is 1.05. The third-order valence-corrected chi connectivity index (χ3v) is 7.10. The van der Waals surface area contributed by atoms with Crippen LogP contribution in [-0.2, 0) is 39.1 Å². The number of ether oxygens (including phenoxy) is 2. The maximum Gasteiger partial charge on any atom is 0.242 e. The summed E-state index contributed by atoms with van der Waals surface area (Å²) >= 11 is 0. The number of aryl methyl sites for hydroxylation is 2. The first kappa shape index (κ1) is 25.6. The Hall–Kier alpha value is -3.02. The van der Waals surface area contributed by atoms with Crippen molar-refractivity contribution in [1.29, 1.82) is 0 Å². The van der Waals surface area contributed by atoms with Gasteiger partial charge in [-0.3, -0.25) is 4.79 Å². The first-order chi connectivity index (χ1) is 16.3. The van der Waals surface area contributed by atoms with Crippen LogP contribution in [0.15, 0.2) is 41.4 Å². The van der Waals surface area contributed by atoms with Crippen LogP contribution >= 0.6 is 0 Å². The van der Waals surface area contributed by atoms with Crippen LogP contribution in [0.1, 0.15) is 24.7 Å². The van der Waals surface area contributed by atoms with Crippen LogP contribution in [0.4, 0.5) is 0 Å². The summed E-state index contributed by atoms with van der Waals surface area (Å²) in [5.74, 6) is 1.14. The number of carbonyl (C=O) groups excluding carboxylic acids is 1. The van der Waals surface area contributed by atoms with Crippen molar-refractivity contribution in [3.63, 3.8) is 0 Å². The van der Waals surface area contributed by atoms with Gasteiger partial charge in [-0.2, -0.15) is 0 Å². The van der Waals surface area contributed by atoms with Gasteiger partial charge in [0.25, 0.3) is 0 Å². The van der Waals surface area contributed by atoms with E-state index in [2.05, 4.69) is 15.3 Å². The molecule has 2 aromatic heterocycles. The van der Waals surface area contributed by atoms with Crippen LogP contribution in [0.25, 0.3) is 11.0 Å². The van der Waals surface area contributed by atoms with E-state index in [0.29, 0.717) is 44.1 Å². The minimum Gasteiger partial charge on any atom is -0.475 e. The van der Waals surface area contributed by atoms with E-state index in [1.54, 1.807) is 37.6 Å². The van der Waals surface area contributed by atoms with Crippen LogP contribution in [0.5, 0.6) is 5.88 Å². The highest BCUT2D eigenvalue weighted by Gasteiger charge is 2.19. The Labute approximate surface area is 200 Å². The van der Waals surface area contributed by atoms with Gasteiger partial charge in [-0.15, -0.1) is 0 Å². The monoisotopic (exact) mass is 489 g/mol. The van der Waals surface area contributed by atoms with Crippen molar-refractivity contribution < 1.29 is 22.7 Å². The summed E-state index contributed by atoms with van der Waals surface area (Å²) in [6, 6.07) is 8.54. The molecule has 0 aliphatic heterocycles. The quantitative estimate of drug-likeness (QED) is 0.387. The van der Waals surface area contributed by atoms with Gasteiger partial charge in [0.05, 0.1) is 22.5 Å². The third kappa shape index (κ3) is 6.10. The lowest BCUT2D eigenvalue weighted by Crippen LogP contribution is -2.23. The highest BCUT2D eigenvalue weighted by atomic mass is 32.2. The van der Waals surface area contributed by atoms with Gasteiger partial charge < -0.3 is 19.4 Å². The Bertz CT molecular complexity index is 1220. The second-order valence-electron chi connectivity index (χ2n) is 7.83. The summed E-state index contributed by atoms with van der Waals surface area (Å²) in [6.45, 7) is 3.93. The zero-order valence-electron chi connectivity index (χ0n) is 19.9. The van der Waals surface area contributed by atoms with Crippen molar-refractivity contribution in [2.75, 3.05) is 34.4 Å². The Morgan fingerprint density at radius 3 is 2.62 bits per heavy atom. The molecule has 1 aromatic carbocycles. The van der Waals surface area contributed by atoms with Gasteiger partial charge in [0.1, 0.15) is 12.4 Å². The summed E-state index contributed by atoms with van der Waals surface area (Å²) in [5, 5.41) is 2.89. The molecule has 10 nitrogen and oxygen atoms in total. The van der Waals surface area contributed by atoms with Crippen molar-refractivity contribution in [2.45, 2.75) is 37.8 Å². The number of fused-ring (bicyclic) bond motifs is 1. The fourth-order valence-corrected chi connectivity index (χ4v) is 4.34. The zero-order chi connectivity index (χ0) is 24.7. The largest absolute Gasteiger partial charge is 0.475 e. The molecule has 0 saturated carbocycles. The van der Waals surface area contributed by atoms with Gasteiger partial charge in [-0.1, -0.05) is 6.07 Å². The zero-order valence-corrected chi connectivity index (χ0v) is 20.8. The lowest BCUT2D eigenvalue weighted by molar-refractivity contribution is -0.121. The standard InChI is InChI=1S/C23H31N5O5S/c1-5-28-20-8-7-18(34(30,31)27(2)3)14-19(20)26-21(28)9-10-22(29)24-15-17-6-11-23(25-16-17)33-13-12-32-4/h6-8,11,14,16H,5,9-10,12-13,15H2,1-4H3,(H,24,29). The number of nitrogens with zero attached hydrogens (tertiary/aromatic N) is 4. The van der Waals surface area contributed by atoms with Gasteiger partial charge in [-0.25, -0.2) is 22.7 Å². The number of imidazole rings is 1. The molecule has 0 aliphatic carbocycles. The summed E-state index contributed by atoms with van der Waals surface area (Å²) in [5.41, 5.74) is 2.30. The SMILES string of the molecule is CCn1c(CCC(=O)NCc2ccc(OCCOC)nc2)nc2cc(S(=O)(=O)N(C)C)ccc21. The van der Waals surface area contributed by atoms with Crippen molar-refractivity contribution in [3.8, 4) is 5.88 Å². The molecule has 11 heteroatoms. The predicted octanol–water partition coefficient (Wildman–Crippen LogP) is 1.98. The minimum atomic E-state index is -3.55. The number of amides is 1. The van der Waals surface area contributed by atoms with E-state index in [1.165, 1.54) is 18.4 Å². The number of hydrogen-bond donors (Lipinski definition) is 1. The Morgan fingerprint density at radius 1 is 1.18 bits per heavy atom. The van der Waals surface area contributed by atoms with E-state index in [1.807, 2.05) is 17.6 Å². The van der Waals surface area contributed by atoms with Gasteiger partial charge >= 0.3 is 0 Å². The van der Waals surface area contributed by atoms with Gasteiger partial charge in [0.15, 0.2) is 0 Å². The molecule has 1 N–H and O–H groups in total. The molecule has 0 spiro atoms. The number of pyridine rings is 1. The van der Waals surface area contributed by atoms with Crippen molar-refractivity contribution in [1.82, 2.24) is 24.2 Å². The van der Waals surface area contributed by atoms with Crippen molar-refractivity contribution in [2.24, 2.45) is 0 Å². The molecule has 0 atom stereocenters. The van der Waals surface area contributed by atoms with Crippen LogP contribution < -0.4 is 10.1 Å². The van der Waals surface area contributed by atoms with Crippen molar-refractivity contribution >= 4 is 27.0 Å². The molecule has 3 rings (SSSR count). The number of rotatable bonds is 12. The molecule has 34 heavy (non-hydrogen) atoms. The molecule has 0 aliphatic rings. The summed E-state index contributed by atoms with van der Waals surface area (Å²) < 4.78 is 38.4. The second kappa shape index (κ2) is 11.4. The number of aromatic nitrogens is 3. The van der Waals surface area contributed by atoms with Crippen LogP contribution in [0.3, 0.4) is 0 Å². The Morgan fingerprint density at radius 2 is 1.97 bits per heavy atom. The minimum absolute atomic E-state index is 0.106. The normalized spacial score (nSPS) is 11.8. The summed E-state index contributed by atoms with van der Waals surface area (Å²) in [4.78, 5) is 21.4. The number of methoxy groups -OCH3 is 1. The second-order valence-corrected chi connectivity index (χ2v) is 9.98. The van der Waals surface area contributed by atoms with E-state index in [-0.39, 0.29) is 17.2 Å². The average molecular weight is 490 g/mol. The molecular weight excluding hydrogens is 458 g/mol. The van der Waals surface area contributed by atoms with E-state index in [4.69, 9.17) is 9.47 Å². The molecule has 184 valence electrons. The van der Waals surface area contributed by atoms with Gasteiger partial charge in [-0.05, 0) is 30.7 Å². The highest BCUT2D eigenvalue weighted by Crippen LogP contribution is 2.22. The molecule has 0 fully saturated rings. The number of sulfonamides is 1. The molecule has 0 bridgehead atoms. The predicted molar refractivity (Wildman–Crippen MR) is 128 cm³/mol. The van der Waals surface area contributed by atoms with Crippen LogP contribution in [0, 0.1) is 0 Å². The highest BCUT2D eigenvalue weighted by molar-refractivity contribution is 7.89. The molecular formula is C23H31N5O5S. The molecule has 3 aromatic rings. The van der Waals surface area contributed by atoms with E-state index < -0.39 is 10.0 Å². The Balaban J connectivity index is 1.60. The molecule has 0 radical (unpaired) electrons. The lowest BCUT2D eigenvalue weighted by atomic mass is 10.2. The first-order valence-corrected chi connectivity index (χ1v) is 12.4. The lowest BCUT2D eigenvalue weighted by Gasteiger charge is -2.11. The van der Waals surface area contributed by atoms with E-state index in [9.17, 15) is 13.2 Å². The van der Waals surface area contributed by atoms with Crippen LogP contribution in [0.2, 0.25) is 0 Å². The molecule has 0 unspecified atom stereocenters. The number of carbonyl (C=O) groups is 1. The molecule has 1 amide bonds. The molecule has 0 saturated heterocycles. The van der Waals surface area contributed by atoms with Gasteiger partial charge in [0.2, 0.25) is 21.8 Å². The fourth-order valence-electron chi connectivity index (χ4n) is 3.42. The first-order valence-electron chi connectivity index (χ1n) is 11.0. The number of nitrogens with one attached hydrogen (secondary N) is 1. The summed E-state index contributed by atoms with van der Waals surface area (Å²) in [6.07, 6.45) is 2.37. The van der Waals surface area contributed by atoms with Crippen molar-refractivity contribution in [3.05, 3.63) is 47.9 Å². The van der Waals surface area contributed by atoms with E-state index in [0.717, 1.165) is 16.9 Å². The number of benzene rings is 1. The third-order valence-electron chi connectivity index (χ3n) is 5.29. The topological polar surface area (TPSA) is 116 Å². The Kier molecular flexibility index (Phi) is 8.59. The maximum atomic E-state index is 12.4. The smallest absolute Gasteiger partial charge is 0.242 e. The van der Waals surface area contributed by atoms with Crippen LogP contribution in [-0.4, -0.2) is 67.6 Å². The fraction of sp³-hybridized carbons (Fsp3) is 0.435. The number of hydrogen-bond acceptors (Lipinski definition) is 7. The van der Waals surface area contributed by atoms with Gasteiger partial charge in [0, 0.05) is 59.4 Å². The van der Waals surface area contributed by atoms with E-state index >= 15 is 0 Å².